The Labute approximate surface area is 104 Å². The van der Waals surface area contributed by atoms with Crippen LogP contribution in [0.25, 0.3) is 0 Å². The predicted molar refractivity (Wildman–Crippen MR) is 71.1 cm³/mol. The summed E-state index contributed by atoms with van der Waals surface area (Å²) in [6, 6.07) is 10.2. The molecule has 2 rings (SSSR count). The SMILES string of the molecule is Cc1cc(Br)cc(Nc2cc(C)ccn2)c1. The Hall–Kier alpha value is -1.35. The quantitative estimate of drug-likeness (QED) is 0.889. The molecular formula is C13H13BrN2. The summed E-state index contributed by atoms with van der Waals surface area (Å²) < 4.78 is 1.07. The van der Waals surface area contributed by atoms with Crippen molar-refractivity contribution >= 4 is 27.4 Å². The number of halogens is 1. The normalized spacial score (nSPS) is 10.2. The van der Waals surface area contributed by atoms with Crippen molar-refractivity contribution in [3.8, 4) is 0 Å². The Morgan fingerprint density at radius 3 is 2.56 bits per heavy atom. The number of aromatic nitrogens is 1. The second kappa shape index (κ2) is 4.66. The molecule has 0 bridgehead atoms. The largest absolute Gasteiger partial charge is 0.340 e. The number of pyridine rings is 1. The fraction of sp³-hybridized carbons (Fsp3) is 0.154. The fourth-order valence-electron chi connectivity index (χ4n) is 1.56. The molecule has 0 unspecified atom stereocenters. The van der Waals surface area contributed by atoms with Crippen LogP contribution in [0.5, 0.6) is 0 Å². The summed E-state index contributed by atoms with van der Waals surface area (Å²) >= 11 is 3.48. The summed E-state index contributed by atoms with van der Waals surface area (Å²) in [5.41, 5.74) is 3.46. The lowest BCUT2D eigenvalue weighted by Gasteiger charge is -2.07. The van der Waals surface area contributed by atoms with Crippen LogP contribution in [0.2, 0.25) is 0 Å². The number of rotatable bonds is 2. The maximum Gasteiger partial charge on any atom is 0.130 e. The number of nitrogens with one attached hydrogen (secondary N) is 1. The number of hydrogen-bond acceptors (Lipinski definition) is 2. The van der Waals surface area contributed by atoms with Crippen LogP contribution < -0.4 is 5.32 Å². The standard InChI is InChI=1S/C13H13BrN2/c1-9-3-4-15-13(7-9)16-12-6-10(2)5-11(14)8-12/h3-8H,1-2H3,(H,15,16). The molecule has 0 aliphatic carbocycles. The highest BCUT2D eigenvalue weighted by atomic mass is 79.9. The maximum atomic E-state index is 4.27. The lowest BCUT2D eigenvalue weighted by Crippen LogP contribution is -1.94. The van der Waals surface area contributed by atoms with Crippen LogP contribution in [0.4, 0.5) is 11.5 Å². The van der Waals surface area contributed by atoms with Gasteiger partial charge >= 0.3 is 0 Å². The summed E-state index contributed by atoms with van der Waals surface area (Å²) in [5.74, 6) is 0.873. The van der Waals surface area contributed by atoms with Gasteiger partial charge in [-0.3, -0.25) is 0 Å². The van der Waals surface area contributed by atoms with Gasteiger partial charge in [0.05, 0.1) is 0 Å². The van der Waals surface area contributed by atoms with Crippen molar-refractivity contribution in [3.05, 3.63) is 52.1 Å². The van der Waals surface area contributed by atoms with E-state index in [0.29, 0.717) is 0 Å². The van der Waals surface area contributed by atoms with Crippen molar-refractivity contribution in [2.75, 3.05) is 5.32 Å². The van der Waals surface area contributed by atoms with Crippen molar-refractivity contribution < 1.29 is 0 Å². The third-order valence-corrected chi connectivity index (χ3v) is 2.69. The molecule has 0 spiro atoms. The molecule has 1 aromatic carbocycles. The molecule has 3 heteroatoms. The van der Waals surface area contributed by atoms with E-state index in [0.717, 1.165) is 16.0 Å². The second-order valence-corrected chi connectivity index (χ2v) is 4.78. The van der Waals surface area contributed by atoms with Gasteiger partial charge in [-0.05, 0) is 55.3 Å². The molecule has 0 fully saturated rings. The lowest BCUT2D eigenvalue weighted by molar-refractivity contribution is 1.27. The van der Waals surface area contributed by atoms with E-state index in [4.69, 9.17) is 0 Å². The molecule has 0 radical (unpaired) electrons. The first-order valence-corrected chi connectivity index (χ1v) is 5.90. The molecule has 0 aliphatic rings. The Morgan fingerprint density at radius 2 is 1.88 bits per heavy atom. The smallest absolute Gasteiger partial charge is 0.130 e. The molecule has 1 N–H and O–H groups in total. The zero-order chi connectivity index (χ0) is 11.5. The number of anilines is 2. The summed E-state index contributed by atoms with van der Waals surface area (Å²) in [5, 5.41) is 3.29. The minimum absolute atomic E-state index is 0.873. The second-order valence-electron chi connectivity index (χ2n) is 3.86. The number of hydrogen-bond donors (Lipinski definition) is 1. The van der Waals surface area contributed by atoms with Gasteiger partial charge in [0.2, 0.25) is 0 Å². The molecule has 2 nitrogen and oxygen atoms in total. The van der Waals surface area contributed by atoms with Crippen LogP contribution in [0, 0.1) is 13.8 Å². The van der Waals surface area contributed by atoms with Crippen LogP contribution in [0.15, 0.2) is 41.0 Å². The van der Waals surface area contributed by atoms with E-state index in [1.54, 1.807) is 0 Å². The van der Waals surface area contributed by atoms with Crippen molar-refractivity contribution in [1.29, 1.82) is 0 Å². The highest BCUT2D eigenvalue weighted by Crippen LogP contribution is 2.21. The van der Waals surface area contributed by atoms with Crippen molar-refractivity contribution in [3.63, 3.8) is 0 Å². The van der Waals surface area contributed by atoms with Crippen LogP contribution in [0.3, 0.4) is 0 Å². The van der Waals surface area contributed by atoms with Gasteiger partial charge in [-0.15, -0.1) is 0 Å². The van der Waals surface area contributed by atoms with E-state index in [1.165, 1.54) is 11.1 Å². The molecule has 2 aromatic rings. The van der Waals surface area contributed by atoms with Gasteiger partial charge in [-0.25, -0.2) is 4.98 Å². The predicted octanol–water partition coefficient (Wildman–Crippen LogP) is 4.20. The molecule has 0 amide bonds. The number of nitrogens with zero attached hydrogens (tertiary/aromatic N) is 1. The monoisotopic (exact) mass is 276 g/mol. The van der Waals surface area contributed by atoms with Crippen LogP contribution in [-0.2, 0) is 0 Å². The zero-order valence-corrected chi connectivity index (χ0v) is 10.9. The van der Waals surface area contributed by atoms with E-state index >= 15 is 0 Å². The van der Waals surface area contributed by atoms with Gasteiger partial charge in [0.15, 0.2) is 0 Å². The van der Waals surface area contributed by atoms with E-state index in [9.17, 15) is 0 Å². The summed E-state index contributed by atoms with van der Waals surface area (Å²) in [6.07, 6.45) is 1.81. The first-order chi connectivity index (χ1) is 7.63. The average Bonchev–Trinajstić information content (AvgIpc) is 2.15. The Morgan fingerprint density at radius 1 is 1.06 bits per heavy atom. The maximum absolute atomic E-state index is 4.27. The minimum Gasteiger partial charge on any atom is -0.340 e. The van der Waals surface area contributed by atoms with Gasteiger partial charge in [-0.1, -0.05) is 15.9 Å². The van der Waals surface area contributed by atoms with Gasteiger partial charge in [-0.2, -0.15) is 0 Å². The van der Waals surface area contributed by atoms with Crippen molar-refractivity contribution in [1.82, 2.24) is 4.98 Å². The molecule has 0 saturated heterocycles. The minimum atomic E-state index is 0.873. The first kappa shape index (κ1) is 11.1. The van der Waals surface area contributed by atoms with Crippen LogP contribution >= 0.6 is 15.9 Å². The molecule has 1 aromatic heterocycles. The highest BCUT2D eigenvalue weighted by Gasteiger charge is 1.98. The van der Waals surface area contributed by atoms with Gasteiger partial charge in [0, 0.05) is 16.4 Å². The lowest BCUT2D eigenvalue weighted by atomic mass is 10.2. The Bertz CT molecular complexity index is 489. The third kappa shape index (κ3) is 2.83. The number of aryl methyl sites for hydroxylation is 2. The highest BCUT2D eigenvalue weighted by molar-refractivity contribution is 9.10. The van der Waals surface area contributed by atoms with Crippen LogP contribution in [0.1, 0.15) is 11.1 Å². The van der Waals surface area contributed by atoms with Crippen LogP contribution in [-0.4, -0.2) is 4.98 Å². The molecule has 0 aliphatic heterocycles. The van der Waals surface area contributed by atoms with E-state index in [1.807, 2.05) is 24.4 Å². The summed E-state index contributed by atoms with van der Waals surface area (Å²) in [7, 11) is 0. The van der Waals surface area contributed by atoms with E-state index in [-0.39, 0.29) is 0 Å². The fourth-order valence-corrected chi connectivity index (χ4v) is 2.17. The average molecular weight is 277 g/mol. The van der Waals surface area contributed by atoms with Crippen molar-refractivity contribution in [2.45, 2.75) is 13.8 Å². The van der Waals surface area contributed by atoms with Gasteiger partial charge < -0.3 is 5.32 Å². The Kier molecular flexibility index (Phi) is 3.25. The molecule has 0 saturated carbocycles. The van der Waals surface area contributed by atoms with Crippen molar-refractivity contribution in [2.24, 2.45) is 0 Å². The first-order valence-electron chi connectivity index (χ1n) is 5.10. The third-order valence-electron chi connectivity index (χ3n) is 2.23. The molecule has 0 atom stereocenters. The molecular weight excluding hydrogens is 264 g/mol. The Balaban J connectivity index is 2.27. The number of benzene rings is 1. The topological polar surface area (TPSA) is 24.9 Å². The zero-order valence-electron chi connectivity index (χ0n) is 9.29. The van der Waals surface area contributed by atoms with E-state index < -0.39 is 0 Å². The van der Waals surface area contributed by atoms with Gasteiger partial charge in [0.1, 0.15) is 5.82 Å². The molecule has 82 valence electrons. The summed E-state index contributed by atoms with van der Waals surface area (Å²) in [4.78, 5) is 4.27. The summed E-state index contributed by atoms with van der Waals surface area (Å²) in [6.45, 7) is 4.12. The van der Waals surface area contributed by atoms with E-state index in [2.05, 4.69) is 52.2 Å². The van der Waals surface area contributed by atoms with Gasteiger partial charge in [0.25, 0.3) is 0 Å². The molecule has 1 heterocycles. The molecule has 16 heavy (non-hydrogen) atoms.